The Kier molecular flexibility index (Phi) is 4.93. The topological polar surface area (TPSA) is 52.4 Å². The van der Waals surface area contributed by atoms with Crippen molar-refractivity contribution in [3.63, 3.8) is 0 Å². The highest BCUT2D eigenvalue weighted by atomic mass is 35.5. The molecule has 0 N–H and O–H groups in total. The van der Waals surface area contributed by atoms with Crippen LogP contribution in [-0.2, 0) is 0 Å². The molecule has 1 rings (SSSR count). The molecule has 0 aliphatic heterocycles. The van der Waals surface area contributed by atoms with Crippen LogP contribution in [0.3, 0.4) is 0 Å². The molecule has 106 valence electrons. The number of halogens is 5. The highest BCUT2D eigenvalue weighted by molar-refractivity contribution is 6.32. The molecule has 0 aromatic heterocycles. The third-order valence-electron chi connectivity index (χ3n) is 2.06. The highest BCUT2D eigenvalue weighted by Crippen LogP contribution is 2.31. The predicted octanol–water partition coefficient (Wildman–Crippen LogP) is 4.11. The third-order valence-corrected chi connectivity index (χ3v) is 2.36. The molecule has 1 aromatic rings. The number of rotatable bonds is 5. The third kappa shape index (κ3) is 4.90. The van der Waals surface area contributed by atoms with Gasteiger partial charge in [0.15, 0.2) is 0 Å². The van der Waals surface area contributed by atoms with Crippen molar-refractivity contribution in [2.45, 2.75) is 19.0 Å². The summed E-state index contributed by atoms with van der Waals surface area (Å²) < 4.78 is 53.6. The van der Waals surface area contributed by atoms with Crippen molar-refractivity contribution >= 4 is 17.3 Å². The van der Waals surface area contributed by atoms with Crippen LogP contribution < -0.4 is 4.74 Å². The fraction of sp³-hybridized carbons (Fsp3) is 0.400. The summed E-state index contributed by atoms with van der Waals surface area (Å²) in [5, 5.41) is 10.2. The summed E-state index contributed by atoms with van der Waals surface area (Å²) in [6.07, 6.45) is -5.66. The van der Waals surface area contributed by atoms with Gasteiger partial charge in [-0.05, 0) is 6.42 Å². The first-order chi connectivity index (χ1) is 8.70. The lowest BCUT2D eigenvalue weighted by molar-refractivity contribution is -0.387. The Labute approximate surface area is 110 Å². The average molecular weight is 302 g/mol. The Balaban J connectivity index is 2.65. The summed E-state index contributed by atoms with van der Waals surface area (Å²) in [5.74, 6) is -1.40. The minimum atomic E-state index is -4.30. The van der Waals surface area contributed by atoms with Gasteiger partial charge < -0.3 is 4.74 Å². The first-order valence-electron chi connectivity index (χ1n) is 5.03. The molecule has 0 spiro atoms. The molecule has 4 nitrogen and oxygen atoms in total. The Morgan fingerprint density at radius 3 is 2.53 bits per heavy atom. The lowest BCUT2D eigenvalue weighted by Gasteiger charge is -2.09. The van der Waals surface area contributed by atoms with Gasteiger partial charge in [-0.3, -0.25) is 10.1 Å². The van der Waals surface area contributed by atoms with Crippen LogP contribution in [0.1, 0.15) is 12.8 Å². The minimum absolute atomic E-state index is 0.230. The van der Waals surface area contributed by atoms with Gasteiger partial charge in [-0.25, -0.2) is 0 Å². The number of nitrogens with zero attached hydrogens (tertiary/aromatic N) is 1. The van der Waals surface area contributed by atoms with Crippen molar-refractivity contribution in [1.29, 1.82) is 0 Å². The fourth-order valence-corrected chi connectivity index (χ4v) is 1.44. The standard InChI is InChI=1S/C10H8ClF4NO3/c11-6-4-8(16(17)18)7(12)5-9(6)19-3-1-2-10(13,14)15/h4-5H,1-3H2. The van der Waals surface area contributed by atoms with Crippen LogP contribution in [0.25, 0.3) is 0 Å². The van der Waals surface area contributed by atoms with Gasteiger partial charge in [0.1, 0.15) is 5.75 Å². The first-order valence-corrected chi connectivity index (χ1v) is 5.41. The first kappa shape index (κ1) is 15.5. The molecule has 0 amide bonds. The van der Waals surface area contributed by atoms with Crippen molar-refractivity contribution in [1.82, 2.24) is 0 Å². The van der Waals surface area contributed by atoms with Gasteiger partial charge in [0.2, 0.25) is 5.82 Å². The van der Waals surface area contributed by atoms with E-state index in [0.29, 0.717) is 6.07 Å². The second-order valence-electron chi connectivity index (χ2n) is 3.56. The largest absolute Gasteiger partial charge is 0.492 e. The quantitative estimate of drug-likeness (QED) is 0.356. The fourth-order valence-electron chi connectivity index (χ4n) is 1.22. The molecule has 19 heavy (non-hydrogen) atoms. The smallest absolute Gasteiger partial charge is 0.389 e. The van der Waals surface area contributed by atoms with Gasteiger partial charge in [0.25, 0.3) is 0 Å². The van der Waals surface area contributed by atoms with Crippen molar-refractivity contribution in [2.24, 2.45) is 0 Å². The lowest BCUT2D eigenvalue weighted by Crippen LogP contribution is -2.10. The molecule has 1 aromatic carbocycles. The Bertz CT molecular complexity index is 479. The van der Waals surface area contributed by atoms with E-state index in [1.54, 1.807) is 0 Å². The maximum Gasteiger partial charge on any atom is 0.389 e. The van der Waals surface area contributed by atoms with Gasteiger partial charge in [-0.15, -0.1) is 0 Å². The lowest BCUT2D eigenvalue weighted by atomic mass is 10.3. The zero-order chi connectivity index (χ0) is 14.6. The van der Waals surface area contributed by atoms with E-state index in [-0.39, 0.29) is 23.8 Å². The highest BCUT2D eigenvalue weighted by Gasteiger charge is 2.26. The second-order valence-corrected chi connectivity index (χ2v) is 3.97. The zero-order valence-electron chi connectivity index (χ0n) is 9.34. The molecular formula is C10H8ClF4NO3. The second kappa shape index (κ2) is 6.05. The molecule has 0 atom stereocenters. The molecule has 0 aliphatic carbocycles. The van der Waals surface area contributed by atoms with Crippen molar-refractivity contribution in [3.8, 4) is 5.75 Å². The molecular weight excluding hydrogens is 294 g/mol. The summed E-state index contributed by atoms with van der Waals surface area (Å²) >= 11 is 5.60. The minimum Gasteiger partial charge on any atom is -0.492 e. The van der Waals surface area contributed by atoms with E-state index in [4.69, 9.17) is 16.3 Å². The molecule has 9 heteroatoms. The molecule has 0 radical (unpaired) electrons. The van der Waals surface area contributed by atoms with E-state index < -0.39 is 29.0 Å². The van der Waals surface area contributed by atoms with Crippen LogP contribution in [0.15, 0.2) is 12.1 Å². The summed E-state index contributed by atoms with van der Waals surface area (Å²) in [7, 11) is 0. The zero-order valence-corrected chi connectivity index (χ0v) is 10.1. The number of hydrogen-bond acceptors (Lipinski definition) is 3. The van der Waals surface area contributed by atoms with Crippen LogP contribution in [0.2, 0.25) is 5.02 Å². The predicted molar refractivity (Wildman–Crippen MR) is 58.8 cm³/mol. The normalized spacial score (nSPS) is 11.4. The molecule has 0 saturated carbocycles. The molecule has 0 unspecified atom stereocenters. The van der Waals surface area contributed by atoms with E-state index in [9.17, 15) is 27.7 Å². The SMILES string of the molecule is O=[N+]([O-])c1cc(Cl)c(OCCCC(F)(F)F)cc1F. The summed E-state index contributed by atoms with van der Waals surface area (Å²) in [4.78, 5) is 9.43. The van der Waals surface area contributed by atoms with Gasteiger partial charge in [0, 0.05) is 18.6 Å². The maximum absolute atomic E-state index is 13.2. The van der Waals surface area contributed by atoms with Crippen LogP contribution in [-0.4, -0.2) is 17.7 Å². The van der Waals surface area contributed by atoms with Crippen LogP contribution in [0.5, 0.6) is 5.75 Å². The summed E-state index contributed by atoms with van der Waals surface area (Å²) in [6.45, 7) is -0.323. The van der Waals surface area contributed by atoms with Crippen molar-refractivity contribution in [2.75, 3.05) is 6.61 Å². The monoisotopic (exact) mass is 301 g/mol. The van der Waals surface area contributed by atoms with E-state index in [2.05, 4.69) is 0 Å². The van der Waals surface area contributed by atoms with Crippen LogP contribution >= 0.6 is 11.6 Å². The number of nitro groups is 1. The van der Waals surface area contributed by atoms with Gasteiger partial charge in [0.05, 0.1) is 16.6 Å². The number of ether oxygens (including phenoxy) is 1. The average Bonchev–Trinajstić information content (AvgIpc) is 2.26. The number of benzene rings is 1. The molecule has 0 aliphatic rings. The number of alkyl halides is 3. The van der Waals surface area contributed by atoms with E-state index in [1.165, 1.54) is 0 Å². The molecule has 0 bridgehead atoms. The Morgan fingerprint density at radius 1 is 1.37 bits per heavy atom. The van der Waals surface area contributed by atoms with E-state index in [1.807, 2.05) is 0 Å². The Morgan fingerprint density at radius 2 is 2.00 bits per heavy atom. The number of hydrogen-bond donors (Lipinski definition) is 0. The molecule has 0 saturated heterocycles. The Hall–Kier alpha value is -1.57. The summed E-state index contributed by atoms with van der Waals surface area (Å²) in [5.41, 5.74) is -0.826. The van der Waals surface area contributed by atoms with E-state index in [0.717, 1.165) is 6.07 Å². The van der Waals surface area contributed by atoms with Gasteiger partial charge in [-0.2, -0.15) is 17.6 Å². The van der Waals surface area contributed by atoms with Crippen molar-refractivity contribution in [3.05, 3.63) is 33.1 Å². The van der Waals surface area contributed by atoms with Crippen LogP contribution in [0.4, 0.5) is 23.2 Å². The van der Waals surface area contributed by atoms with Crippen LogP contribution in [0, 0.1) is 15.9 Å². The van der Waals surface area contributed by atoms with E-state index >= 15 is 0 Å². The molecule has 0 fully saturated rings. The van der Waals surface area contributed by atoms with Gasteiger partial charge in [-0.1, -0.05) is 11.6 Å². The summed E-state index contributed by atoms with van der Waals surface area (Å²) in [6, 6.07) is 1.42. The van der Waals surface area contributed by atoms with Crippen molar-refractivity contribution < 1.29 is 27.2 Å². The number of nitro benzene ring substituents is 1. The maximum atomic E-state index is 13.2. The van der Waals surface area contributed by atoms with Gasteiger partial charge >= 0.3 is 11.9 Å². The molecule has 0 heterocycles.